The second-order valence-electron chi connectivity index (χ2n) is 5.20. The molecule has 0 radical (unpaired) electrons. The van der Waals surface area contributed by atoms with Gasteiger partial charge in [-0.1, -0.05) is 40.7 Å². The molecule has 0 heterocycles. The van der Waals surface area contributed by atoms with Gasteiger partial charge in [0, 0.05) is 10.5 Å². The van der Waals surface area contributed by atoms with Gasteiger partial charge < -0.3 is 14.2 Å². The second kappa shape index (κ2) is 10.4. The molecule has 0 aliphatic carbocycles. The largest absolute Gasteiger partial charge is 0.493 e. The molecule has 0 aromatic heterocycles. The summed E-state index contributed by atoms with van der Waals surface area (Å²) in [6, 6.07) is 11.7. The van der Waals surface area contributed by atoms with Crippen LogP contribution < -0.4 is 9.47 Å². The minimum atomic E-state index is -0.422. The standard InChI is InChI=1S/C20H18BrIO4/c1-3-10-25-19(23)9-6-15-11-17(22)20(18(12-15)24-2)26-13-14-4-7-16(21)8-5-14/h3-9,11-12H,1,10,13H2,2H3/b9-6+. The van der Waals surface area contributed by atoms with Gasteiger partial charge in [0.05, 0.1) is 10.7 Å². The van der Waals surface area contributed by atoms with E-state index < -0.39 is 5.97 Å². The highest BCUT2D eigenvalue weighted by Crippen LogP contribution is 2.35. The maximum Gasteiger partial charge on any atom is 0.331 e. The van der Waals surface area contributed by atoms with Crippen LogP contribution in [0, 0.1) is 3.57 Å². The summed E-state index contributed by atoms with van der Waals surface area (Å²) in [4.78, 5) is 11.5. The number of hydrogen-bond acceptors (Lipinski definition) is 4. The van der Waals surface area contributed by atoms with Gasteiger partial charge in [-0.2, -0.15) is 0 Å². The number of rotatable bonds is 8. The molecular formula is C20H18BrIO4. The minimum Gasteiger partial charge on any atom is -0.493 e. The zero-order valence-corrected chi connectivity index (χ0v) is 17.9. The first-order chi connectivity index (χ1) is 12.5. The average molecular weight is 529 g/mol. The van der Waals surface area contributed by atoms with E-state index in [1.165, 1.54) is 12.2 Å². The van der Waals surface area contributed by atoms with E-state index in [-0.39, 0.29) is 6.61 Å². The lowest BCUT2D eigenvalue weighted by Crippen LogP contribution is -2.01. The van der Waals surface area contributed by atoms with E-state index in [0.29, 0.717) is 18.1 Å². The van der Waals surface area contributed by atoms with Gasteiger partial charge in [-0.15, -0.1) is 0 Å². The van der Waals surface area contributed by atoms with Crippen LogP contribution in [0.3, 0.4) is 0 Å². The number of hydrogen-bond donors (Lipinski definition) is 0. The van der Waals surface area contributed by atoms with Crippen LogP contribution in [0.2, 0.25) is 0 Å². The summed E-state index contributed by atoms with van der Waals surface area (Å²) >= 11 is 5.60. The SMILES string of the molecule is C=CCOC(=O)/C=C/c1cc(I)c(OCc2ccc(Br)cc2)c(OC)c1. The summed E-state index contributed by atoms with van der Waals surface area (Å²) < 4.78 is 18.2. The van der Waals surface area contributed by atoms with Crippen molar-refractivity contribution in [3.8, 4) is 11.5 Å². The van der Waals surface area contributed by atoms with Gasteiger partial charge in [-0.3, -0.25) is 0 Å². The van der Waals surface area contributed by atoms with Crippen LogP contribution in [0.1, 0.15) is 11.1 Å². The third kappa shape index (κ3) is 6.17. The van der Waals surface area contributed by atoms with Gasteiger partial charge in [0.1, 0.15) is 13.2 Å². The summed E-state index contributed by atoms with van der Waals surface area (Å²) in [5.74, 6) is 0.852. The van der Waals surface area contributed by atoms with E-state index in [1.807, 2.05) is 36.4 Å². The van der Waals surface area contributed by atoms with Crippen LogP contribution in [0.4, 0.5) is 0 Å². The van der Waals surface area contributed by atoms with Crippen molar-refractivity contribution in [1.82, 2.24) is 0 Å². The monoisotopic (exact) mass is 528 g/mol. The first kappa shape index (κ1) is 20.5. The van der Waals surface area contributed by atoms with Crippen LogP contribution in [0.25, 0.3) is 6.08 Å². The zero-order chi connectivity index (χ0) is 18.9. The summed E-state index contributed by atoms with van der Waals surface area (Å²) in [6.45, 7) is 4.12. The smallest absolute Gasteiger partial charge is 0.331 e. The van der Waals surface area contributed by atoms with Crippen molar-refractivity contribution in [3.05, 3.63) is 74.3 Å². The highest BCUT2D eigenvalue weighted by atomic mass is 127. The fourth-order valence-corrected chi connectivity index (χ4v) is 3.11. The Morgan fingerprint density at radius 3 is 2.65 bits per heavy atom. The molecule has 0 N–H and O–H groups in total. The lowest BCUT2D eigenvalue weighted by atomic mass is 10.2. The predicted molar refractivity (Wildman–Crippen MR) is 114 cm³/mol. The summed E-state index contributed by atoms with van der Waals surface area (Å²) in [7, 11) is 1.59. The second-order valence-corrected chi connectivity index (χ2v) is 7.28. The van der Waals surface area contributed by atoms with Crippen LogP contribution >= 0.6 is 38.5 Å². The molecule has 0 saturated heterocycles. The normalized spacial score (nSPS) is 10.6. The van der Waals surface area contributed by atoms with Crippen molar-refractivity contribution in [2.45, 2.75) is 6.61 Å². The highest BCUT2D eigenvalue weighted by molar-refractivity contribution is 14.1. The van der Waals surface area contributed by atoms with Gasteiger partial charge in [-0.25, -0.2) is 4.79 Å². The highest BCUT2D eigenvalue weighted by Gasteiger charge is 2.11. The lowest BCUT2D eigenvalue weighted by Gasteiger charge is -2.14. The molecule has 0 saturated carbocycles. The van der Waals surface area contributed by atoms with Gasteiger partial charge in [0.15, 0.2) is 11.5 Å². The molecule has 6 heteroatoms. The van der Waals surface area contributed by atoms with Crippen molar-refractivity contribution in [2.24, 2.45) is 0 Å². The molecule has 136 valence electrons. The average Bonchev–Trinajstić information content (AvgIpc) is 2.64. The summed E-state index contributed by atoms with van der Waals surface area (Å²) in [5.41, 5.74) is 1.87. The number of methoxy groups -OCH3 is 1. The Bertz CT molecular complexity index is 800. The van der Waals surface area contributed by atoms with Crippen molar-refractivity contribution in [3.63, 3.8) is 0 Å². The summed E-state index contributed by atoms with van der Waals surface area (Å²) in [5, 5.41) is 0. The van der Waals surface area contributed by atoms with Crippen molar-refractivity contribution < 1.29 is 19.0 Å². The molecule has 2 aromatic carbocycles. The van der Waals surface area contributed by atoms with Gasteiger partial charge in [-0.05, 0) is 64.1 Å². The lowest BCUT2D eigenvalue weighted by molar-refractivity contribution is -0.136. The van der Waals surface area contributed by atoms with E-state index in [0.717, 1.165) is 19.2 Å². The maximum atomic E-state index is 11.5. The molecule has 0 aliphatic heterocycles. The van der Waals surface area contributed by atoms with Crippen LogP contribution in [0.5, 0.6) is 11.5 Å². The third-order valence-electron chi connectivity index (χ3n) is 3.30. The number of carbonyl (C=O) groups is 1. The fraction of sp³-hybridized carbons (Fsp3) is 0.150. The van der Waals surface area contributed by atoms with E-state index >= 15 is 0 Å². The van der Waals surface area contributed by atoms with Gasteiger partial charge in [0.25, 0.3) is 0 Å². The molecule has 2 aromatic rings. The van der Waals surface area contributed by atoms with Crippen LogP contribution in [0.15, 0.2) is 59.6 Å². The van der Waals surface area contributed by atoms with Crippen molar-refractivity contribution in [1.29, 1.82) is 0 Å². The molecule has 0 atom stereocenters. The Morgan fingerprint density at radius 2 is 2.00 bits per heavy atom. The number of carbonyl (C=O) groups excluding carboxylic acids is 1. The van der Waals surface area contributed by atoms with Crippen molar-refractivity contribution in [2.75, 3.05) is 13.7 Å². The molecule has 0 bridgehead atoms. The quantitative estimate of drug-likeness (QED) is 0.200. The zero-order valence-electron chi connectivity index (χ0n) is 14.2. The number of benzene rings is 2. The molecule has 0 fully saturated rings. The molecule has 26 heavy (non-hydrogen) atoms. The Hall–Kier alpha value is -1.80. The number of esters is 1. The van der Waals surface area contributed by atoms with Crippen LogP contribution in [-0.2, 0) is 16.1 Å². The summed E-state index contributed by atoms with van der Waals surface area (Å²) in [6.07, 6.45) is 4.57. The Balaban J connectivity index is 2.12. The Labute approximate surface area is 175 Å². The first-order valence-corrected chi connectivity index (χ1v) is 9.61. The molecule has 0 aliphatic rings. The Morgan fingerprint density at radius 1 is 1.27 bits per heavy atom. The van der Waals surface area contributed by atoms with E-state index in [2.05, 4.69) is 45.1 Å². The number of halogens is 2. The van der Waals surface area contributed by atoms with Crippen LogP contribution in [-0.4, -0.2) is 19.7 Å². The topological polar surface area (TPSA) is 44.8 Å². The Kier molecular flexibility index (Phi) is 8.18. The molecule has 0 spiro atoms. The minimum absolute atomic E-state index is 0.187. The third-order valence-corrected chi connectivity index (χ3v) is 4.63. The predicted octanol–water partition coefficient (Wildman–Crippen LogP) is 5.38. The molecule has 0 unspecified atom stereocenters. The van der Waals surface area contributed by atoms with Gasteiger partial charge in [0.2, 0.25) is 0 Å². The molecular weight excluding hydrogens is 511 g/mol. The first-order valence-electron chi connectivity index (χ1n) is 7.74. The fourth-order valence-electron chi connectivity index (χ4n) is 2.07. The van der Waals surface area contributed by atoms with E-state index in [9.17, 15) is 4.79 Å². The van der Waals surface area contributed by atoms with Gasteiger partial charge >= 0.3 is 5.97 Å². The van der Waals surface area contributed by atoms with Crippen molar-refractivity contribution >= 4 is 50.6 Å². The van der Waals surface area contributed by atoms with E-state index in [1.54, 1.807) is 13.2 Å². The maximum absolute atomic E-state index is 11.5. The molecule has 0 amide bonds. The molecule has 2 rings (SSSR count). The van der Waals surface area contributed by atoms with E-state index in [4.69, 9.17) is 14.2 Å². The number of ether oxygens (including phenoxy) is 3. The molecule has 4 nitrogen and oxygen atoms in total.